The molecule has 9 heteroatoms. The summed E-state index contributed by atoms with van der Waals surface area (Å²) in [7, 11) is -2.14. The highest BCUT2D eigenvalue weighted by Gasteiger charge is 2.46. The molecule has 0 aliphatic carbocycles. The zero-order chi connectivity index (χ0) is 25.4. The van der Waals surface area contributed by atoms with E-state index >= 15 is 0 Å². The van der Waals surface area contributed by atoms with Crippen LogP contribution in [0.25, 0.3) is 0 Å². The monoisotopic (exact) mass is 524 g/mol. The zero-order valence-electron chi connectivity index (χ0n) is 20.3. The number of hydrogen-bond acceptors (Lipinski definition) is 5. The SMILES string of the molecule is C[C@H](c1ccccc1)N1C(=O)N(Cc2ccccc2)c2cc(Cl)cc(N3CCN(C)CC3)c2S1(=O)=O. The molecule has 2 aliphatic rings. The number of sulfonamides is 1. The summed E-state index contributed by atoms with van der Waals surface area (Å²) in [6.45, 7) is 4.92. The lowest BCUT2D eigenvalue weighted by atomic mass is 10.1. The number of halogens is 1. The highest BCUT2D eigenvalue weighted by atomic mass is 35.5. The van der Waals surface area contributed by atoms with Gasteiger partial charge in [-0.2, -0.15) is 0 Å². The summed E-state index contributed by atoms with van der Waals surface area (Å²) in [5, 5.41) is 0.397. The largest absolute Gasteiger partial charge is 0.368 e. The maximum atomic E-state index is 14.3. The van der Waals surface area contributed by atoms with Crippen LogP contribution in [0, 0.1) is 0 Å². The highest BCUT2D eigenvalue weighted by Crippen LogP contribution is 2.46. The predicted molar refractivity (Wildman–Crippen MR) is 143 cm³/mol. The normalized spacial score (nSPS) is 18.8. The van der Waals surface area contributed by atoms with Gasteiger partial charge in [-0.1, -0.05) is 72.3 Å². The molecule has 2 heterocycles. The first-order chi connectivity index (χ1) is 17.3. The van der Waals surface area contributed by atoms with Crippen molar-refractivity contribution in [3.8, 4) is 0 Å². The third kappa shape index (κ3) is 4.45. The van der Waals surface area contributed by atoms with E-state index in [1.54, 1.807) is 19.1 Å². The second kappa shape index (κ2) is 9.76. The molecule has 36 heavy (non-hydrogen) atoms. The van der Waals surface area contributed by atoms with Crippen LogP contribution in [0.5, 0.6) is 0 Å². The fourth-order valence-corrected chi connectivity index (χ4v) is 7.03. The van der Waals surface area contributed by atoms with E-state index in [1.165, 1.54) is 4.90 Å². The summed E-state index contributed by atoms with van der Waals surface area (Å²) in [5.41, 5.74) is 2.50. The molecule has 0 N–H and O–H groups in total. The first-order valence-corrected chi connectivity index (χ1v) is 13.8. The van der Waals surface area contributed by atoms with Crippen molar-refractivity contribution in [2.75, 3.05) is 43.0 Å². The van der Waals surface area contributed by atoms with Gasteiger partial charge in [-0.15, -0.1) is 0 Å². The van der Waals surface area contributed by atoms with Gasteiger partial charge in [-0.25, -0.2) is 17.5 Å². The molecular formula is C27H29ClN4O3S. The van der Waals surface area contributed by atoms with E-state index in [9.17, 15) is 13.2 Å². The minimum atomic E-state index is -4.19. The highest BCUT2D eigenvalue weighted by molar-refractivity contribution is 7.90. The summed E-state index contributed by atoms with van der Waals surface area (Å²) in [4.78, 5) is 19.9. The molecule has 1 atom stereocenters. The van der Waals surface area contributed by atoms with Crippen molar-refractivity contribution in [1.82, 2.24) is 9.21 Å². The van der Waals surface area contributed by atoms with Crippen molar-refractivity contribution >= 4 is 39.0 Å². The van der Waals surface area contributed by atoms with Gasteiger partial charge in [0.05, 0.1) is 24.0 Å². The van der Waals surface area contributed by atoms with Crippen LogP contribution in [-0.2, 0) is 16.6 Å². The molecule has 0 aromatic heterocycles. The van der Waals surface area contributed by atoms with Crippen LogP contribution in [0.4, 0.5) is 16.2 Å². The van der Waals surface area contributed by atoms with Crippen LogP contribution < -0.4 is 9.80 Å². The van der Waals surface area contributed by atoms with Gasteiger partial charge in [0.2, 0.25) is 0 Å². The Morgan fingerprint density at radius 1 is 0.889 bits per heavy atom. The lowest BCUT2D eigenvalue weighted by Gasteiger charge is -2.42. The number of anilines is 2. The summed E-state index contributed by atoms with van der Waals surface area (Å²) in [6.07, 6.45) is 0. The van der Waals surface area contributed by atoms with Crippen molar-refractivity contribution in [1.29, 1.82) is 0 Å². The van der Waals surface area contributed by atoms with Gasteiger partial charge in [0.25, 0.3) is 10.0 Å². The van der Waals surface area contributed by atoms with Crippen molar-refractivity contribution in [3.05, 3.63) is 88.9 Å². The Bertz CT molecular complexity index is 1360. The number of carbonyl (C=O) groups excluding carboxylic acids is 1. The number of urea groups is 1. The second-order valence-corrected chi connectivity index (χ2v) is 11.5. The lowest BCUT2D eigenvalue weighted by Crippen LogP contribution is -2.52. The topological polar surface area (TPSA) is 64.2 Å². The van der Waals surface area contributed by atoms with E-state index in [0.29, 0.717) is 29.5 Å². The van der Waals surface area contributed by atoms with Crippen molar-refractivity contribution < 1.29 is 13.2 Å². The molecule has 0 unspecified atom stereocenters. The van der Waals surface area contributed by atoms with Gasteiger partial charge in [-0.3, -0.25) is 4.90 Å². The maximum absolute atomic E-state index is 14.3. The standard InChI is InChI=1S/C27H29ClN4O3S/c1-20(22-11-7-4-8-12-22)32-27(33)31(19-21-9-5-3-6-10-21)25-18-23(28)17-24(26(25)36(32,34)35)30-15-13-29(2)14-16-30/h3-12,17-18,20H,13-16,19H2,1-2H3/t20-/m1/s1. The number of carbonyl (C=O) groups is 1. The van der Waals surface area contributed by atoms with Crippen LogP contribution >= 0.6 is 11.6 Å². The van der Waals surface area contributed by atoms with E-state index < -0.39 is 22.1 Å². The first-order valence-electron chi connectivity index (χ1n) is 12.0. The predicted octanol–water partition coefficient (Wildman–Crippen LogP) is 4.98. The van der Waals surface area contributed by atoms with Crippen molar-refractivity contribution in [2.45, 2.75) is 24.4 Å². The summed E-state index contributed by atoms with van der Waals surface area (Å²) >= 11 is 6.55. The summed E-state index contributed by atoms with van der Waals surface area (Å²) in [5.74, 6) is 0. The molecule has 0 saturated carbocycles. The third-order valence-electron chi connectivity index (χ3n) is 6.90. The Hall–Kier alpha value is -3.07. The van der Waals surface area contributed by atoms with Crippen LogP contribution in [0.15, 0.2) is 77.7 Å². The Balaban J connectivity index is 1.70. The molecule has 0 bridgehead atoms. The molecule has 188 valence electrons. The number of nitrogens with zero attached hydrogens (tertiary/aromatic N) is 4. The molecule has 0 spiro atoms. The zero-order valence-corrected chi connectivity index (χ0v) is 21.9. The number of fused-ring (bicyclic) bond motifs is 1. The number of rotatable bonds is 5. The molecule has 3 aromatic rings. The molecule has 2 aliphatic heterocycles. The summed E-state index contributed by atoms with van der Waals surface area (Å²) in [6, 6.07) is 20.8. The minimum absolute atomic E-state index is 0.134. The molecular weight excluding hydrogens is 496 g/mol. The van der Waals surface area contributed by atoms with E-state index in [-0.39, 0.29) is 11.4 Å². The third-order valence-corrected chi connectivity index (χ3v) is 9.05. The van der Waals surface area contributed by atoms with Gasteiger partial charge in [0, 0.05) is 31.2 Å². The fraction of sp³-hybridized carbons (Fsp3) is 0.296. The van der Waals surface area contributed by atoms with Crippen molar-refractivity contribution in [2.24, 2.45) is 0 Å². The molecule has 2 amide bonds. The molecule has 3 aromatic carbocycles. The quantitative estimate of drug-likeness (QED) is 0.471. The molecule has 0 radical (unpaired) electrons. The number of benzene rings is 3. The van der Waals surface area contributed by atoms with Gasteiger partial charge in [0.1, 0.15) is 4.90 Å². The Morgan fingerprint density at radius 2 is 1.47 bits per heavy atom. The number of hydrogen-bond donors (Lipinski definition) is 0. The van der Waals surface area contributed by atoms with Crippen molar-refractivity contribution in [3.63, 3.8) is 0 Å². The van der Waals surface area contributed by atoms with E-state index in [0.717, 1.165) is 28.5 Å². The Labute approximate surface area is 217 Å². The molecule has 1 saturated heterocycles. The molecule has 1 fully saturated rings. The second-order valence-electron chi connectivity index (χ2n) is 9.31. The van der Waals surface area contributed by atoms with Gasteiger partial charge in [0.15, 0.2) is 0 Å². The fourth-order valence-electron chi connectivity index (χ4n) is 4.89. The van der Waals surface area contributed by atoms with Crippen LogP contribution in [0.3, 0.4) is 0 Å². The van der Waals surface area contributed by atoms with E-state index in [1.807, 2.05) is 67.7 Å². The Kier molecular flexibility index (Phi) is 6.68. The van der Waals surface area contributed by atoms with E-state index in [4.69, 9.17) is 11.6 Å². The molecule has 5 rings (SSSR count). The number of amides is 2. The van der Waals surface area contributed by atoms with Gasteiger partial charge in [-0.05, 0) is 37.2 Å². The number of likely N-dealkylation sites (N-methyl/N-ethyl adjacent to an activating group) is 1. The Morgan fingerprint density at radius 3 is 2.11 bits per heavy atom. The van der Waals surface area contributed by atoms with Crippen LogP contribution in [0.1, 0.15) is 24.1 Å². The maximum Gasteiger partial charge on any atom is 0.339 e. The van der Waals surface area contributed by atoms with Crippen LogP contribution in [-0.4, -0.2) is 56.9 Å². The minimum Gasteiger partial charge on any atom is -0.368 e. The lowest BCUT2D eigenvalue weighted by molar-refractivity contribution is 0.218. The summed E-state index contributed by atoms with van der Waals surface area (Å²) < 4.78 is 29.6. The average Bonchev–Trinajstić information content (AvgIpc) is 2.87. The van der Waals surface area contributed by atoms with Crippen LogP contribution in [0.2, 0.25) is 5.02 Å². The van der Waals surface area contributed by atoms with E-state index in [2.05, 4.69) is 9.80 Å². The average molecular weight is 525 g/mol. The van der Waals surface area contributed by atoms with Gasteiger partial charge >= 0.3 is 6.03 Å². The van der Waals surface area contributed by atoms with Gasteiger partial charge < -0.3 is 9.80 Å². The smallest absolute Gasteiger partial charge is 0.339 e. The first kappa shape index (κ1) is 24.6. The number of piperazine rings is 1. The molecule has 7 nitrogen and oxygen atoms in total.